The van der Waals surface area contributed by atoms with Gasteiger partial charge in [0.1, 0.15) is 0 Å². The summed E-state index contributed by atoms with van der Waals surface area (Å²) in [6.45, 7) is 0.860. The molecule has 0 saturated carbocycles. The van der Waals surface area contributed by atoms with Crippen LogP contribution in [0.3, 0.4) is 0 Å². The second kappa shape index (κ2) is 5.51. The summed E-state index contributed by atoms with van der Waals surface area (Å²) in [5.74, 6) is 0. The van der Waals surface area contributed by atoms with Crippen molar-refractivity contribution in [2.45, 2.75) is 38.3 Å². The SMILES string of the molecule is OC1CCCCc2cn(Cc3cccc(Br)c3)cc21. The van der Waals surface area contributed by atoms with Crippen LogP contribution >= 0.6 is 15.9 Å². The quantitative estimate of drug-likeness (QED) is 0.830. The van der Waals surface area contributed by atoms with Crippen LogP contribution in [-0.4, -0.2) is 9.67 Å². The molecule has 0 radical (unpaired) electrons. The molecule has 2 nitrogen and oxygen atoms in total. The van der Waals surface area contributed by atoms with Crippen LogP contribution in [0, 0.1) is 0 Å². The van der Waals surface area contributed by atoms with Gasteiger partial charge in [0.25, 0.3) is 0 Å². The first-order chi connectivity index (χ1) is 9.22. The van der Waals surface area contributed by atoms with E-state index in [9.17, 15) is 5.11 Å². The fourth-order valence-electron chi connectivity index (χ4n) is 2.83. The van der Waals surface area contributed by atoms with Crippen LogP contribution < -0.4 is 0 Å². The Balaban J connectivity index is 1.85. The number of hydrogen-bond acceptors (Lipinski definition) is 1. The zero-order valence-corrected chi connectivity index (χ0v) is 12.4. The average Bonchev–Trinajstić information content (AvgIpc) is 2.70. The number of aliphatic hydroxyl groups excluding tert-OH is 1. The van der Waals surface area contributed by atoms with Crippen molar-refractivity contribution in [3.05, 3.63) is 57.8 Å². The first-order valence-electron chi connectivity index (χ1n) is 6.83. The monoisotopic (exact) mass is 319 g/mol. The van der Waals surface area contributed by atoms with Crippen LogP contribution in [0.5, 0.6) is 0 Å². The van der Waals surface area contributed by atoms with Gasteiger partial charge >= 0.3 is 0 Å². The molecule has 0 saturated heterocycles. The Morgan fingerprint density at radius 2 is 2.16 bits per heavy atom. The third-order valence-electron chi connectivity index (χ3n) is 3.78. The third-order valence-corrected chi connectivity index (χ3v) is 4.28. The van der Waals surface area contributed by atoms with E-state index in [1.807, 2.05) is 6.07 Å². The zero-order chi connectivity index (χ0) is 13.2. The highest BCUT2D eigenvalue weighted by Crippen LogP contribution is 2.29. The molecule has 0 spiro atoms. The van der Waals surface area contributed by atoms with Crippen molar-refractivity contribution in [3.63, 3.8) is 0 Å². The number of aryl methyl sites for hydroxylation is 1. The smallest absolute Gasteiger partial charge is 0.0807 e. The fraction of sp³-hybridized carbons (Fsp3) is 0.375. The van der Waals surface area contributed by atoms with Gasteiger partial charge in [-0.15, -0.1) is 0 Å². The molecule has 0 aliphatic heterocycles. The summed E-state index contributed by atoms with van der Waals surface area (Å²) in [5, 5.41) is 10.1. The number of hydrogen-bond donors (Lipinski definition) is 1. The highest BCUT2D eigenvalue weighted by atomic mass is 79.9. The summed E-state index contributed by atoms with van der Waals surface area (Å²) in [4.78, 5) is 0. The van der Waals surface area contributed by atoms with Crippen molar-refractivity contribution in [1.29, 1.82) is 0 Å². The average molecular weight is 320 g/mol. The van der Waals surface area contributed by atoms with Gasteiger partial charge < -0.3 is 9.67 Å². The highest BCUT2D eigenvalue weighted by Gasteiger charge is 2.18. The molecule has 1 atom stereocenters. The highest BCUT2D eigenvalue weighted by molar-refractivity contribution is 9.10. The van der Waals surface area contributed by atoms with Crippen molar-refractivity contribution in [1.82, 2.24) is 4.57 Å². The van der Waals surface area contributed by atoms with Crippen LogP contribution in [0.4, 0.5) is 0 Å². The molecule has 19 heavy (non-hydrogen) atoms. The van der Waals surface area contributed by atoms with E-state index in [0.717, 1.165) is 35.8 Å². The van der Waals surface area contributed by atoms with Crippen LogP contribution in [0.1, 0.15) is 42.1 Å². The molecular formula is C16H18BrNO. The first-order valence-corrected chi connectivity index (χ1v) is 7.63. The molecule has 1 aliphatic carbocycles. The van der Waals surface area contributed by atoms with Gasteiger partial charge in [0.2, 0.25) is 0 Å². The first kappa shape index (κ1) is 12.9. The molecule has 1 heterocycles. The standard InChI is InChI=1S/C16H18BrNO/c17-14-6-3-4-12(8-14)9-18-10-13-5-1-2-7-16(19)15(13)11-18/h3-4,6,8,10-11,16,19H,1-2,5,7,9H2. The Labute approximate surface area is 122 Å². The Hall–Kier alpha value is -1.06. The van der Waals surface area contributed by atoms with E-state index in [1.54, 1.807) is 0 Å². The van der Waals surface area contributed by atoms with Crippen LogP contribution in [0.15, 0.2) is 41.1 Å². The topological polar surface area (TPSA) is 25.2 Å². The van der Waals surface area contributed by atoms with Crippen LogP contribution in [-0.2, 0) is 13.0 Å². The summed E-state index contributed by atoms with van der Waals surface area (Å²) in [6.07, 6.45) is 8.34. The molecule has 0 amide bonds. The van der Waals surface area contributed by atoms with Crippen molar-refractivity contribution >= 4 is 15.9 Å². The zero-order valence-electron chi connectivity index (χ0n) is 10.8. The van der Waals surface area contributed by atoms with Gasteiger partial charge in [0.05, 0.1) is 6.10 Å². The second-order valence-corrected chi connectivity index (χ2v) is 6.22. The molecule has 1 unspecified atom stereocenters. The molecule has 100 valence electrons. The number of nitrogens with zero attached hydrogens (tertiary/aromatic N) is 1. The van der Waals surface area contributed by atoms with Crippen molar-refractivity contribution in [2.75, 3.05) is 0 Å². The minimum Gasteiger partial charge on any atom is -0.388 e. The lowest BCUT2D eigenvalue weighted by molar-refractivity contribution is 0.166. The maximum absolute atomic E-state index is 10.1. The minimum atomic E-state index is -0.277. The number of rotatable bonds is 2. The van der Waals surface area contributed by atoms with E-state index in [2.05, 4.69) is 51.1 Å². The van der Waals surface area contributed by atoms with Gasteiger partial charge in [0, 0.05) is 29.0 Å². The van der Waals surface area contributed by atoms with Crippen LogP contribution in [0.2, 0.25) is 0 Å². The Kier molecular flexibility index (Phi) is 3.76. The lowest BCUT2D eigenvalue weighted by Gasteiger charge is -2.07. The molecule has 3 rings (SSSR count). The summed E-state index contributed by atoms with van der Waals surface area (Å²) < 4.78 is 3.31. The lowest BCUT2D eigenvalue weighted by Crippen LogP contribution is -1.98. The maximum Gasteiger partial charge on any atom is 0.0807 e. The van der Waals surface area contributed by atoms with Crippen LogP contribution in [0.25, 0.3) is 0 Å². The summed E-state index contributed by atoms with van der Waals surface area (Å²) in [5.41, 5.74) is 3.72. The number of aromatic nitrogens is 1. The predicted molar refractivity (Wildman–Crippen MR) is 80.2 cm³/mol. The summed E-state index contributed by atoms with van der Waals surface area (Å²) in [7, 11) is 0. The van der Waals surface area contributed by atoms with Gasteiger partial charge in [-0.2, -0.15) is 0 Å². The number of halogens is 1. The van der Waals surface area contributed by atoms with Gasteiger partial charge in [-0.3, -0.25) is 0 Å². The van der Waals surface area contributed by atoms with E-state index in [1.165, 1.54) is 17.5 Å². The van der Waals surface area contributed by atoms with E-state index in [4.69, 9.17) is 0 Å². The minimum absolute atomic E-state index is 0.277. The third kappa shape index (κ3) is 2.93. The number of benzene rings is 1. The maximum atomic E-state index is 10.1. The summed E-state index contributed by atoms with van der Waals surface area (Å²) in [6, 6.07) is 8.37. The largest absolute Gasteiger partial charge is 0.388 e. The normalized spacial score (nSPS) is 18.9. The van der Waals surface area contributed by atoms with E-state index in [0.29, 0.717) is 0 Å². The molecule has 1 aliphatic rings. The predicted octanol–water partition coefficient (Wildman–Crippen LogP) is 4.06. The Morgan fingerprint density at radius 1 is 1.26 bits per heavy atom. The second-order valence-electron chi connectivity index (χ2n) is 5.30. The molecule has 0 bridgehead atoms. The van der Waals surface area contributed by atoms with Gasteiger partial charge in [-0.1, -0.05) is 34.5 Å². The fourth-order valence-corrected chi connectivity index (χ4v) is 3.28. The molecular weight excluding hydrogens is 302 g/mol. The Morgan fingerprint density at radius 3 is 3.00 bits per heavy atom. The Bertz CT molecular complexity index is 576. The van der Waals surface area contributed by atoms with Gasteiger partial charge in [-0.25, -0.2) is 0 Å². The molecule has 0 fully saturated rings. The van der Waals surface area contributed by atoms with E-state index >= 15 is 0 Å². The van der Waals surface area contributed by atoms with Gasteiger partial charge in [-0.05, 0) is 42.5 Å². The lowest BCUT2D eigenvalue weighted by atomic mass is 10.1. The molecule has 2 aromatic rings. The molecule has 1 N–H and O–H groups in total. The molecule has 1 aromatic carbocycles. The van der Waals surface area contributed by atoms with Gasteiger partial charge in [0.15, 0.2) is 0 Å². The van der Waals surface area contributed by atoms with Crippen molar-refractivity contribution in [3.8, 4) is 0 Å². The van der Waals surface area contributed by atoms with Crippen molar-refractivity contribution in [2.24, 2.45) is 0 Å². The van der Waals surface area contributed by atoms with E-state index < -0.39 is 0 Å². The molecule has 3 heteroatoms. The van der Waals surface area contributed by atoms with Crippen molar-refractivity contribution < 1.29 is 5.11 Å². The summed E-state index contributed by atoms with van der Waals surface area (Å²) >= 11 is 3.50. The van der Waals surface area contributed by atoms with E-state index in [-0.39, 0.29) is 6.10 Å². The number of fused-ring (bicyclic) bond motifs is 1. The molecule has 1 aromatic heterocycles. The number of aliphatic hydroxyl groups is 1.